The van der Waals surface area contributed by atoms with E-state index in [1.165, 1.54) is 11.4 Å². The Balaban J connectivity index is 1.75. The minimum Gasteiger partial charge on any atom is -0.495 e. The summed E-state index contributed by atoms with van der Waals surface area (Å²) in [5, 5.41) is 3.32. The molecule has 0 saturated carbocycles. The van der Waals surface area contributed by atoms with Crippen molar-refractivity contribution in [2.45, 2.75) is 37.0 Å². The predicted molar refractivity (Wildman–Crippen MR) is 136 cm³/mol. The fourth-order valence-electron chi connectivity index (χ4n) is 4.41. The van der Waals surface area contributed by atoms with Gasteiger partial charge in [0.1, 0.15) is 10.6 Å². The van der Waals surface area contributed by atoms with Crippen LogP contribution in [-0.2, 0) is 33.0 Å². The Kier molecular flexibility index (Phi) is 7.61. The van der Waals surface area contributed by atoms with Crippen molar-refractivity contribution in [3.63, 3.8) is 0 Å². The predicted octanol–water partition coefficient (Wildman–Crippen LogP) is 3.15. The summed E-state index contributed by atoms with van der Waals surface area (Å²) < 4.78 is 60.5. The maximum Gasteiger partial charge on any atom is 0.247 e. The fourth-order valence-corrected chi connectivity index (χ4v) is 8.35. The van der Waals surface area contributed by atoms with Gasteiger partial charge in [-0.15, -0.1) is 0 Å². The van der Waals surface area contributed by atoms with Gasteiger partial charge in [0.05, 0.1) is 24.7 Å². The van der Waals surface area contributed by atoms with Crippen LogP contribution in [0.3, 0.4) is 0 Å². The molecule has 2 atom stereocenters. The van der Waals surface area contributed by atoms with Crippen LogP contribution in [0.2, 0.25) is 0 Å². The number of aryl methyl sites for hydroxylation is 1. The van der Waals surface area contributed by atoms with Crippen molar-refractivity contribution in [2.24, 2.45) is 0 Å². The van der Waals surface area contributed by atoms with E-state index in [4.69, 9.17) is 4.74 Å². The summed E-state index contributed by atoms with van der Waals surface area (Å²) in [7, 11) is -6.14. The average Bonchev–Trinajstić information content (AvgIpc) is 3.16. The molecule has 0 unspecified atom stereocenters. The number of sulfone groups is 1. The van der Waals surface area contributed by atoms with E-state index in [-0.39, 0.29) is 28.7 Å². The third-order valence-electron chi connectivity index (χ3n) is 6.19. The zero-order valence-electron chi connectivity index (χ0n) is 19.8. The number of rotatable bonds is 9. The van der Waals surface area contributed by atoms with Crippen LogP contribution in [0, 0.1) is 6.92 Å². The van der Waals surface area contributed by atoms with Crippen LogP contribution in [0.15, 0.2) is 83.8 Å². The van der Waals surface area contributed by atoms with Crippen molar-refractivity contribution >= 4 is 19.9 Å². The highest BCUT2D eigenvalue weighted by Crippen LogP contribution is 2.33. The van der Waals surface area contributed by atoms with Crippen LogP contribution in [0.25, 0.3) is 0 Å². The van der Waals surface area contributed by atoms with Gasteiger partial charge in [0.25, 0.3) is 0 Å². The molecule has 1 N–H and O–H groups in total. The van der Waals surface area contributed by atoms with Gasteiger partial charge in [-0.3, -0.25) is 0 Å². The largest absolute Gasteiger partial charge is 0.495 e. The molecule has 35 heavy (non-hydrogen) atoms. The number of sulfonamides is 1. The zero-order valence-corrected chi connectivity index (χ0v) is 21.4. The van der Waals surface area contributed by atoms with Crippen molar-refractivity contribution in [3.05, 3.63) is 95.6 Å². The Hall–Kier alpha value is -2.72. The molecule has 0 bridgehead atoms. The Morgan fingerprint density at radius 3 is 2.20 bits per heavy atom. The molecule has 0 aliphatic carbocycles. The highest BCUT2D eigenvalue weighted by atomic mass is 32.2. The van der Waals surface area contributed by atoms with Crippen molar-refractivity contribution in [1.82, 2.24) is 9.62 Å². The second-order valence-corrected chi connectivity index (χ2v) is 12.8. The van der Waals surface area contributed by atoms with E-state index in [0.29, 0.717) is 6.54 Å². The van der Waals surface area contributed by atoms with E-state index < -0.39 is 31.9 Å². The Morgan fingerprint density at radius 2 is 1.57 bits per heavy atom. The summed E-state index contributed by atoms with van der Waals surface area (Å²) in [5.74, 6) is -0.154. The minimum absolute atomic E-state index is 0.0297. The van der Waals surface area contributed by atoms with Gasteiger partial charge in [-0.05, 0) is 35.7 Å². The van der Waals surface area contributed by atoms with Crippen LogP contribution in [0.5, 0.6) is 5.75 Å². The quantitative estimate of drug-likeness (QED) is 0.472. The standard InChI is InChI=1S/C26H30N2O5S2/c1-20-13-14-25(33-2)26(15-20)35(31,32)28(17-22-11-7-4-8-12-22)24-19-34(29,30)18-23(24)27-16-21-9-5-3-6-10-21/h3-15,23-24,27H,16-19H2,1-2H3/t23-,24+/m0/s1. The van der Waals surface area contributed by atoms with Gasteiger partial charge in [-0.25, -0.2) is 16.8 Å². The molecule has 3 aromatic rings. The van der Waals surface area contributed by atoms with Gasteiger partial charge in [0.2, 0.25) is 10.0 Å². The number of hydrogen-bond donors (Lipinski definition) is 1. The summed E-state index contributed by atoms with van der Waals surface area (Å²) in [4.78, 5) is 0.0297. The molecule has 186 valence electrons. The molecule has 1 fully saturated rings. The molecule has 1 heterocycles. The molecule has 1 aliphatic rings. The fraction of sp³-hybridized carbons (Fsp3) is 0.308. The first-order valence-electron chi connectivity index (χ1n) is 11.4. The van der Waals surface area contributed by atoms with Crippen molar-refractivity contribution in [1.29, 1.82) is 0 Å². The summed E-state index contributed by atoms with van der Waals surface area (Å²) in [5.41, 5.74) is 2.53. The van der Waals surface area contributed by atoms with Crippen molar-refractivity contribution in [3.8, 4) is 5.75 Å². The number of ether oxygens (including phenoxy) is 1. The molecule has 0 aromatic heterocycles. The van der Waals surface area contributed by atoms with Gasteiger partial charge < -0.3 is 10.1 Å². The lowest BCUT2D eigenvalue weighted by Crippen LogP contribution is -2.51. The summed E-state index contributed by atoms with van der Waals surface area (Å²) in [6.07, 6.45) is 0. The number of benzene rings is 3. The number of nitrogens with zero attached hydrogens (tertiary/aromatic N) is 1. The normalized spacial score (nSPS) is 19.6. The second kappa shape index (κ2) is 10.5. The molecule has 9 heteroatoms. The third-order valence-corrected chi connectivity index (χ3v) is 9.80. The first-order chi connectivity index (χ1) is 16.7. The van der Waals surface area contributed by atoms with Crippen LogP contribution < -0.4 is 10.1 Å². The topological polar surface area (TPSA) is 92.8 Å². The van der Waals surface area contributed by atoms with Crippen molar-refractivity contribution in [2.75, 3.05) is 18.6 Å². The lowest BCUT2D eigenvalue weighted by atomic mass is 10.1. The van der Waals surface area contributed by atoms with Gasteiger partial charge in [-0.2, -0.15) is 4.31 Å². The molecule has 4 rings (SSSR count). The third kappa shape index (κ3) is 5.92. The summed E-state index contributed by atoms with van der Waals surface area (Å²) in [6.45, 7) is 2.29. The molecular weight excluding hydrogens is 484 g/mol. The smallest absolute Gasteiger partial charge is 0.247 e. The first kappa shape index (κ1) is 25.4. The minimum atomic E-state index is -4.11. The molecule has 7 nitrogen and oxygen atoms in total. The van der Waals surface area contributed by atoms with Crippen LogP contribution >= 0.6 is 0 Å². The second-order valence-electron chi connectivity index (χ2n) is 8.81. The molecule has 3 aromatic carbocycles. The molecular formula is C26H30N2O5S2. The SMILES string of the molecule is COc1ccc(C)cc1S(=O)(=O)N(Cc1ccccc1)[C@@H]1CS(=O)(=O)C[C@@H]1NCc1ccccc1. The molecule has 0 amide bonds. The number of nitrogens with one attached hydrogen (secondary N) is 1. The Morgan fingerprint density at radius 1 is 0.943 bits per heavy atom. The number of hydrogen-bond acceptors (Lipinski definition) is 6. The van der Waals surface area contributed by atoms with Crippen LogP contribution in [-0.4, -0.2) is 51.8 Å². The Bertz CT molecular complexity index is 1360. The van der Waals surface area contributed by atoms with Crippen LogP contribution in [0.1, 0.15) is 16.7 Å². The molecule has 0 radical (unpaired) electrons. The van der Waals surface area contributed by atoms with E-state index >= 15 is 0 Å². The van der Waals surface area contributed by atoms with E-state index in [0.717, 1.165) is 16.7 Å². The van der Waals surface area contributed by atoms with E-state index in [9.17, 15) is 16.8 Å². The van der Waals surface area contributed by atoms with Gasteiger partial charge in [0.15, 0.2) is 9.84 Å². The molecule has 1 saturated heterocycles. The average molecular weight is 515 g/mol. The molecule has 0 spiro atoms. The van der Waals surface area contributed by atoms with Gasteiger partial charge in [0, 0.05) is 19.1 Å². The maximum absolute atomic E-state index is 14.1. The highest BCUT2D eigenvalue weighted by Gasteiger charge is 2.45. The van der Waals surface area contributed by atoms with E-state index in [1.54, 1.807) is 18.2 Å². The molecule has 1 aliphatic heterocycles. The van der Waals surface area contributed by atoms with Gasteiger partial charge in [-0.1, -0.05) is 66.7 Å². The van der Waals surface area contributed by atoms with E-state index in [2.05, 4.69) is 5.32 Å². The zero-order chi connectivity index (χ0) is 25.1. The van der Waals surface area contributed by atoms with Crippen molar-refractivity contribution < 1.29 is 21.6 Å². The number of methoxy groups -OCH3 is 1. The first-order valence-corrected chi connectivity index (χ1v) is 14.6. The van der Waals surface area contributed by atoms with Crippen LogP contribution in [0.4, 0.5) is 0 Å². The van der Waals surface area contributed by atoms with E-state index in [1.807, 2.05) is 67.6 Å². The van der Waals surface area contributed by atoms with Gasteiger partial charge >= 0.3 is 0 Å². The Labute approximate surface area is 207 Å². The maximum atomic E-state index is 14.1. The highest BCUT2D eigenvalue weighted by molar-refractivity contribution is 7.92. The lowest BCUT2D eigenvalue weighted by molar-refractivity contribution is 0.285. The summed E-state index contributed by atoms with van der Waals surface area (Å²) >= 11 is 0. The lowest BCUT2D eigenvalue weighted by Gasteiger charge is -2.32. The summed E-state index contributed by atoms with van der Waals surface area (Å²) in [6, 6.07) is 22.5. The monoisotopic (exact) mass is 514 g/mol.